The highest BCUT2D eigenvalue weighted by Gasteiger charge is 2.28. The van der Waals surface area contributed by atoms with Crippen molar-refractivity contribution < 1.29 is 9.59 Å². The molecule has 2 aliphatic heterocycles. The van der Waals surface area contributed by atoms with Crippen LogP contribution < -0.4 is 16.0 Å². The van der Waals surface area contributed by atoms with E-state index in [2.05, 4.69) is 34.7 Å². The Morgan fingerprint density at radius 3 is 2.62 bits per heavy atom. The molecule has 2 fully saturated rings. The van der Waals surface area contributed by atoms with Crippen molar-refractivity contribution in [3.05, 3.63) is 0 Å². The Hall–Kier alpha value is -1.14. The minimum Gasteiger partial charge on any atom is -0.354 e. The number of likely N-dealkylation sites (tertiary alicyclic amines) is 1. The first-order valence-electron chi connectivity index (χ1n) is 9.50. The molecule has 2 amide bonds. The number of hydrogen-bond acceptors (Lipinski definition) is 4. The second-order valence-corrected chi connectivity index (χ2v) is 7.71. The molecule has 2 aliphatic rings. The monoisotopic (exact) mass is 338 g/mol. The molecule has 3 unspecified atom stereocenters. The molecule has 0 bridgehead atoms. The fourth-order valence-corrected chi connectivity index (χ4v) is 3.51. The van der Waals surface area contributed by atoms with Crippen LogP contribution in [0.15, 0.2) is 0 Å². The third-order valence-electron chi connectivity index (χ3n) is 5.10. The lowest BCUT2D eigenvalue weighted by molar-refractivity contribution is -0.127. The van der Waals surface area contributed by atoms with Crippen molar-refractivity contribution >= 4 is 11.8 Å². The molecule has 0 aromatic heterocycles. The summed E-state index contributed by atoms with van der Waals surface area (Å²) in [6.45, 7) is 10.4. The fraction of sp³-hybridized carbons (Fsp3) is 0.889. The van der Waals surface area contributed by atoms with Crippen LogP contribution in [0.5, 0.6) is 0 Å². The highest BCUT2D eigenvalue weighted by atomic mass is 16.2. The van der Waals surface area contributed by atoms with E-state index in [1.54, 1.807) is 0 Å². The molecule has 2 saturated heterocycles. The average Bonchev–Trinajstić information content (AvgIpc) is 3.11. The molecule has 2 rings (SSSR count). The van der Waals surface area contributed by atoms with Crippen molar-refractivity contribution in [2.45, 2.75) is 58.5 Å². The van der Waals surface area contributed by atoms with Crippen molar-refractivity contribution in [3.63, 3.8) is 0 Å². The van der Waals surface area contributed by atoms with E-state index < -0.39 is 0 Å². The Labute approximate surface area is 146 Å². The smallest absolute Gasteiger partial charge is 0.237 e. The third-order valence-corrected chi connectivity index (χ3v) is 5.10. The molecule has 24 heavy (non-hydrogen) atoms. The topological polar surface area (TPSA) is 73.5 Å². The van der Waals surface area contributed by atoms with Gasteiger partial charge in [0.15, 0.2) is 0 Å². The summed E-state index contributed by atoms with van der Waals surface area (Å²) in [5, 5.41) is 9.35. The molecule has 0 aromatic carbocycles. The standard InChI is InChI=1S/C18H34N4O2/c1-13(2)10-20-17(23)14(3)22-9-5-6-15(12-22)11-21-18(24)16-7-4-8-19-16/h13-16,19H,4-12H2,1-3H3,(H,20,23)(H,21,24). The van der Waals surface area contributed by atoms with Gasteiger partial charge in [-0.3, -0.25) is 14.5 Å². The van der Waals surface area contributed by atoms with Gasteiger partial charge in [0.2, 0.25) is 11.8 Å². The van der Waals surface area contributed by atoms with E-state index in [-0.39, 0.29) is 23.9 Å². The first-order valence-corrected chi connectivity index (χ1v) is 9.50. The van der Waals surface area contributed by atoms with E-state index in [9.17, 15) is 9.59 Å². The maximum absolute atomic E-state index is 12.3. The van der Waals surface area contributed by atoms with Crippen LogP contribution in [0.4, 0.5) is 0 Å². The average molecular weight is 338 g/mol. The van der Waals surface area contributed by atoms with Crippen LogP contribution >= 0.6 is 0 Å². The number of carbonyl (C=O) groups is 2. The fourth-order valence-electron chi connectivity index (χ4n) is 3.51. The van der Waals surface area contributed by atoms with Gasteiger partial charge in [-0.2, -0.15) is 0 Å². The number of hydrogen-bond donors (Lipinski definition) is 3. The van der Waals surface area contributed by atoms with Crippen molar-refractivity contribution in [2.24, 2.45) is 11.8 Å². The number of nitrogens with one attached hydrogen (secondary N) is 3. The van der Waals surface area contributed by atoms with Crippen molar-refractivity contribution in [3.8, 4) is 0 Å². The number of amides is 2. The van der Waals surface area contributed by atoms with Gasteiger partial charge in [0, 0.05) is 19.6 Å². The van der Waals surface area contributed by atoms with Crippen molar-refractivity contribution in [1.29, 1.82) is 0 Å². The molecule has 0 aromatic rings. The molecular formula is C18H34N4O2. The molecule has 0 aliphatic carbocycles. The predicted octanol–water partition coefficient (Wildman–Crippen LogP) is 0.727. The van der Waals surface area contributed by atoms with Crippen LogP contribution in [0, 0.1) is 11.8 Å². The minimum absolute atomic E-state index is 0.00886. The summed E-state index contributed by atoms with van der Waals surface area (Å²) in [7, 11) is 0. The van der Waals surface area contributed by atoms with Crippen LogP contribution in [0.25, 0.3) is 0 Å². The Morgan fingerprint density at radius 2 is 1.96 bits per heavy atom. The Bertz CT molecular complexity index is 421. The first-order chi connectivity index (χ1) is 11.5. The molecule has 2 heterocycles. The van der Waals surface area contributed by atoms with Gasteiger partial charge in [0.25, 0.3) is 0 Å². The highest BCUT2D eigenvalue weighted by molar-refractivity contribution is 5.82. The van der Waals surface area contributed by atoms with Gasteiger partial charge in [-0.15, -0.1) is 0 Å². The summed E-state index contributed by atoms with van der Waals surface area (Å²) in [6, 6.07) is -0.107. The van der Waals surface area contributed by atoms with E-state index in [0.29, 0.717) is 18.4 Å². The summed E-state index contributed by atoms with van der Waals surface area (Å²) in [6.07, 6.45) is 4.23. The minimum atomic E-state index is -0.0984. The normalized spacial score (nSPS) is 26.3. The largest absolute Gasteiger partial charge is 0.354 e. The van der Waals surface area contributed by atoms with Gasteiger partial charge < -0.3 is 16.0 Å². The summed E-state index contributed by atoms with van der Waals surface area (Å²) >= 11 is 0. The second-order valence-electron chi connectivity index (χ2n) is 7.71. The number of piperidine rings is 1. The number of carbonyl (C=O) groups excluding carboxylic acids is 2. The zero-order chi connectivity index (χ0) is 17.5. The molecule has 3 atom stereocenters. The molecule has 138 valence electrons. The van der Waals surface area contributed by atoms with Gasteiger partial charge in [0.1, 0.15) is 0 Å². The van der Waals surface area contributed by atoms with Crippen molar-refractivity contribution in [2.75, 3.05) is 32.7 Å². The van der Waals surface area contributed by atoms with Crippen LogP contribution in [0.2, 0.25) is 0 Å². The molecule has 6 nitrogen and oxygen atoms in total. The van der Waals surface area contributed by atoms with Crippen molar-refractivity contribution in [1.82, 2.24) is 20.9 Å². The van der Waals surface area contributed by atoms with E-state index in [0.717, 1.165) is 51.9 Å². The first kappa shape index (κ1) is 19.2. The Balaban J connectivity index is 1.74. The Morgan fingerprint density at radius 1 is 1.17 bits per heavy atom. The maximum atomic E-state index is 12.3. The van der Waals surface area contributed by atoms with Crippen LogP contribution in [-0.2, 0) is 9.59 Å². The molecule has 6 heteroatoms. The van der Waals surface area contributed by atoms with Gasteiger partial charge >= 0.3 is 0 Å². The lowest BCUT2D eigenvalue weighted by Crippen LogP contribution is -2.51. The zero-order valence-corrected chi connectivity index (χ0v) is 15.4. The van der Waals surface area contributed by atoms with Crippen LogP contribution in [0.3, 0.4) is 0 Å². The van der Waals surface area contributed by atoms with E-state index in [1.165, 1.54) is 0 Å². The quantitative estimate of drug-likeness (QED) is 0.640. The maximum Gasteiger partial charge on any atom is 0.237 e. The van der Waals surface area contributed by atoms with E-state index in [1.807, 2.05) is 6.92 Å². The summed E-state index contributed by atoms with van der Waals surface area (Å²) in [4.78, 5) is 26.6. The molecular weight excluding hydrogens is 304 g/mol. The van der Waals surface area contributed by atoms with E-state index >= 15 is 0 Å². The number of rotatable bonds is 7. The molecule has 0 radical (unpaired) electrons. The van der Waals surface area contributed by atoms with Gasteiger partial charge in [0.05, 0.1) is 12.1 Å². The van der Waals surface area contributed by atoms with Gasteiger partial charge in [-0.05, 0) is 57.5 Å². The Kier molecular flexibility index (Phi) is 7.49. The second kappa shape index (κ2) is 9.37. The van der Waals surface area contributed by atoms with Crippen LogP contribution in [-0.4, -0.2) is 61.5 Å². The third kappa shape index (κ3) is 5.74. The van der Waals surface area contributed by atoms with E-state index in [4.69, 9.17) is 0 Å². The lowest BCUT2D eigenvalue weighted by atomic mass is 9.96. The lowest BCUT2D eigenvalue weighted by Gasteiger charge is -2.36. The highest BCUT2D eigenvalue weighted by Crippen LogP contribution is 2.18. The zero-order valence-electron chi connectivity index (χ0n) is 15.4. The predicted molar refractivity (Wildman–Crippen MR) is 95.6 cm³/mol. The summed E-state index contributed by atoms with van der Waals surface area (Å²) in [5.41, 5.74) is 0. The van der Waals surface area contributed by atoms with Crippen LogP contribution in [0.1, 0.15) is 46.5 Å². The van der Waals surface area contributed by atoms with Gasteiger partial charge in [-0.1, -0.05) is 13.8 Å². The molecule has 0 saturated carbocycles. The molecule has 3 N–H and O–H groups in total. The summed E-state index contributed by atoms with van der Waals surface area (Å²) < 4.78 is 0. The SMILES string of the molecule is CC(C)CNC(=O)C(C)N1CCCC(CNC(=O)C2CCCN2)C1. The number of nitrogens with zero attached hydrogens (tertiary/aromatic N) is 1. The summed E-state index contributed by atoms with van der Waals surface area (Å²) in [5.74, 6) is 1.15. The van der Waals surface area contributed by atoms with Gasteiger partial charge in [-0.25, -0.2) is 0 Å². The molecule has 0 spiro atoms.